The number of amides is 1. The molecule has 0 aliphatic carbocycles. The molecule has 1 amide bonds. The first-order chi connectivity index (χ1) is 9.96. The fourth-order valence-electron chi connectivity index (χ4n) is 2.03. The highest BCUT2D eigenvalue weighted by Crippen LogP contribution is 2.26. The van der Waals surface area contributed by atoms with Gasteiger partial charge in [-0.05, 0) is 41.1 Å². The Bertz CT molecular complexity index is 627. The number of hydrogen-bond donors (Lipinski definition) is 1. The molecule has 8 heteroatoms. The van der Waals surface area contributed by atoms with Crippen molar-refractivity contribution in [1.29, 1.82) is 0 Å². The molecule has 116 valence electrons. The Balaban J connectivity index is 2.37. The normalized spacial score (nSPS) is 16.7. The number of halogens is 1. The molecule has 1 saturated heterocycles. The fraction of sp³-hybridized carbons (Fsp3) is 0.462. The predicted molar refractivity (Wildman–Crippen MR) is 81.7 cm³/mol. The largest absolute Gasteiger partial charge is 0.379 e. The lowest BCUT2D eigenvalue weighted by Crippen LogP contribution is -2.40. The molecule has 6 nitrogen and oxygen atoms in total. The number of sulfonamides is 1. The highest BCUT2D eigenvalue weighted by Gasteiger charge is 2.28. The van der Waals surface area contributed by atoms with Gasteiger partial charge in [-0.2, -0.15) is 4.31 Å². The summed E-state index contributed by atoms with van der Waals surface area (Å²) < 4.78 is 32.3. The topological polar surface area (TPSA) is 75.7 Å². The Morgan fingerprint density at radius 1 is 1.38 bits per heavy atom. The summed E-state index contributed by atoms with van der Waals surface area (Å²) in [7, 11) is -3.64. The third-order valence-corrected chi connectivity index (χ3v) is 6.01. The van der Waals surface area contributed by atoms with Crippen LogP contribution in [0.1, 0.15) is 17.3 Å². The Morgan fingerprint density at radius 3 is 2.67 bits per heavy atom. The minimum absolute atomic E-state index is 0.105. The van der Waals surface area contributed by atoms with Crippen LogP contribution in [-0.2, 0) is 14.8 Å². The molecule has 2 rings (SSSR count). The third-order valence-electron chi connectivity index (χ3n) is 3.12. The van der Waals surface area contributed by atoms with Crippen molar-refractivity contribution in [3.05, 3.63) is 28.2 Å². The van der Waals surface area contributed by atoms with Gasteiger partial charge in [0.2, 0.25) is 10.0 Å². The van der Waals surface area contributed by atoms with E-state index >= 15 is 0 Å². The second kappa shape index (κ2) is 6.87. The van der Waals surface area contributed by atoms with Crippen LogP contribution in [0.25, 0.3) is 0 Å². The molecular formula is C13H17BrN2O4S. The second-order valence-electron chi connectivity index (χ2n) is 4.52. The smallest absolute Gasteiger partial charge is 0.251 e. The minimum Gasteiger partial charge on any atom is -0.379 e. The van der Waals surface area contributed by atoms with Gasteiger partial charge >= 0.3 is 0 Å². The van der Waals surface area contributed by atoms with Gasteiger partial charge in [0.15, 0.2) is 0 Å². The molecule has 0 atom stereocenters. The van der Waals surface area contributed by atoms with Crippen LogP contribution in [0.5, 0.6) is 0 Å². The lowest BCUT2D eigenvalue weighted by atomic mass is 10.2. The number of carbonyl (C=O) groups is 1. The van der Waals surface area contributed by atoms with Gasteiger partial charge in [-0.15, -0.1) is 0 Å². The molecule has 1 aromatic carbocycles. The average Bonchev–Trinajstić information content (AvgIpc) is 2.48. The van der Waals surface area contributed by atoms with Gasteiger partial charge < -0.3 is 10.1 Å². The van der Waals surface area contributed by atoms with Crippen LogP contribution in [0.4, 0.5) is 0 Å². The number of benzene rings is 1. The predicted octanol–water partition coefficient (Wildman–Crippen LogP) is 1.22. The van der Waals surface area contributed by atoms with E-state index in [9.17, 15) is 13.2 Å². The molecular weight excluding hydrogens is 360 g/mol. The van der Waals surface area contributed by atoms with Crippen molar-refractivity contribution >= 4 is 31.9 Å². The molecule has 1 aromatic rings. The quantitative estimate of drug-likeness (QED) is 0.856. The number of nitrogens with one attached hydrogen (secondary N) is 1. The van der Waals surface area contributed by atoms with E-state index in [0.717, 1.165) is 0 Å². The van der Waals surface area contributed by atoms with Gasteiger partial charge in [0, 0.05) is 29.7 Å². The highest BCUT2D eigenvalue weighted by molar-refractivity contribution is 9.10. The molecule has 21 heavy (non-hydrogen) atoms. The van der Waals surface area contributed by atoms with Crippen molar-refractivity contribution in [1.82, 2.24) is 9.62 Å². The molecule has 0 saturated carbocycles. The van der Waals surface area contributed by atoms with Gasteiger partial charge in [0.25, 0.3) is 5.91 Å². The maximum atomic E-state index is 12.6. The standard InChI is InChI=1S/C13H17BrN2O4S/c1-2-15-13(17)10-3-4-11(14)12(9-10)21(18,19)16-5-7-20-8-6-16/h3-4,9H,2,5-8H2,1H3,(H,15,17). The van der Waals surface area contributed by atoms with E-state index in [1.165, 1.54) is 10.4 Å². The summed E-state index contributed by atoms with van der Waals surface area (Å²) in [6.45, 7) is 3.70. The van der Waals surface area contributed by atoms with E-state index in [4.69, 9.17) is 4.74 Å². The lowest BCUT2D eigenvalue weighted by Gasteiger charge is -2.26. The van der Waals surface area contributed by atoms with Gasteiger partial charge in [-0.25, -0.2) is 8.42 Å². The number of hydrogen-bond acceptors (Lipinski definition) is 4. The van der Waals surface area contributed by atoms with Crippen molar-refractivity contribution in [3.8, 4) is 0 Å². The van der Waals surface area contributed by atoms with Crippen LogP contribution in [0.15, 0.2) is 27.6 Å². The van der Waals surface area contributed by atoms with E-state index in [-0.39, 0.29) is 10.8 Å². The van der Waals surface area contributed by atoms with Crippen molar-refractivity contribution < 1.29 is 17.9 Å². The number of nitrogens with zero attached hydrogens (tertiary/aromatic N) is 1. The molecule has 1 aliphatic rings. The molecule has 0 unspecified atom stereocenters. The highest BCUT2D eigenvalue weighted by atomic mass is 79.9. The van der Waals surface area contributed by atoms with Crippen LogP contribution < -0.4 is 5.32 Å². The number of rotatable bonds is 4. The third kappa shape index (κ3) is 3.63. The maximum absolute atomic E-state index is 12.6. The lowest BCUT2D eigenvalue weighted by molar-refractivity contribution is 0.0730. The van der Waals surface area contributed by atoms with Crippen molar-refractivity contribution in [2.24, 2.45) is 0 Å². The van der Waals surface area contributed by atoms with Crippen molar-refractivity contribution in [2.45, 2.75) is 11.8 Å². The number of carbonyl (C=O) groups excluding carboxylic acids is 1. The summed E-state index contributed by atoms with van der Waals surface area (Å²) in [6, 6.07) is 4.57. The van der Waals surface area contributed by atoms with Gasteiger partial charge in [0.1, 0.15) is 0 Å². The monoisotopic (exact) mass is 376 g/mol. The Hall–Kier alpha value is -0.960. The number of ether oxygens (including phenoxy) is 1. The van der Waals surface area contributed by atoms with E-state index < -0.39 is 10.0 Å². The Labute approximate surface area is 132 Å². The zero-order valence-electron chi connectivity index (χ0n) is 11.6. The Kier molecular flexibility index (Phi) is 5.37. The fourth-order valence-corrected chi connectivity index (χ4v) is 4.39. The molecule has 1 heterocycles. The Morgan fingerprint density at radius 2 is 2.05 bits per heavy atom. The van der Waals surface area contributed by atoms with Crippen LogP contribution in [0.3, 0.4) is 0 Å². The van der Waals surface area contributed by atoms with Crippen LogP contribution in [-0.4, -0.2) is 51.5 Å². The zero-order chi connectivity index (χ0) is 15.5. The number of morpholine rings is 1. The first kappa shape index (κ1) is 16.4. The summed E-state index contributed by atoms with van der Waals surface area (Å²) in [5, 5.41) is 2.66. The van der Waals surface area contributed by atoms with E-state index in [2.05, 4.69) is 21.2 Å². The van der Waals surface area contributed by atoms with E-state index in [1.807, 2.05) is 6.92 Å². The minimum atomic E-state index is -3.64. The average molecular weight is 377 g/mol. The summed E-state index contributed by atoms with van der Waals surface area (Å²) >= 11 is 3.25. The molecule has 1 N–H and O–H groups in total. The first-order valence-electron chi connectivity index (χ1n) is 6.62. The zero-order valence-corrected chi connectivity index (χ0v) is 14.0. The molecule has 1 fully saturated rings. The van der Waals surface area contributed by atoms with Gasteiger partial charge in [-0.3, -0.25) is 4.79 Å². The van der Waals surface area contributed by atoms with Crippen LogP contribution >= 0.6 is 15.9 Å². The van der Waals surface area contributed by atoms with Crippen molar-refractivity contribution in [3.63, 3.8) is 0 Å². The molecule has 0 radical (unpaired) electrons. The van der Waals surface area contributed by atoms with Gasteiger partial charge in [-0.1, -0.05) is 0 Å². The summed E-state index contributed by atoms with van der Waals surface area (Å²) in [5.74, 6) is -0.288. The van der Waals surface area contributed by atoms with E-state index in [0.29, 0.717) is 42.9 Å². The van der Waals surface area contributed by atoms with Crippen LogP contribution in [0.2, 0.25) is 0 Å². The molecule has 0 spiro atoms. The molecule has 1 aliphatic heterocycles. The molecule has 0 aromatic heterocycles. The van der Waals surface area contributed by atoms with Crippen molar-refractivity contribution in [2.75, 3.05) is 32.8 Å². The second-order valence-corrected chi connectivity index (χ2v) is 7.28. The summed E-state index contributed by atoms with van der Waals surface area (Å²) in [4.78, 5) is 12.0. The summed E-state index contributed by atoms with van der Waals surface area (Å²) in [5.41, 5.74) is 0.326. The SMILES string of the molecule is CCNC(=O)c1ccc(Br)c(S(=O)(=O)N2CCOCC2)c1. The maximum Gasteiger partial charge on any atom is 0.251 e. The summed E-state index contributed by atoms with van der Waals surface area (Å²) in [6.07, 6.45) is 0. The van der Waals surface area contributed by atoms with E-state index in [1.54, 1.807) is 12.1 Å². The van der Waals surface area contributed by atoms with Crippen LogP contribution in [0, 0.1) is 0 Å². The first-order valence-corrected chi connectivity index (χ1v) is 8.85. The van der Waals surface area contributed by atoms with Gasteiger partial charge in [0.05, 0.1) is 18.1 Å². The molecule has 0 bridgehead atoms.